The lowest BCUT2D eigenvalue weighted by Gasteiger charge is -2.40. The summed E-state index contributed by atoms with van der Waals surface area (Å²) in [4.78, 5) is 4.33. The molecule has 21 heavy (non-hydrogen) atoms. The number of rotatable bonds is 3. The van der Waals surface area contributed by atoms with Crippen LogP contribution in [0.3, 0.4) is 0 Å². The van der Waals surface area contributed by atoms with Gasteiger partial charge in [0, 0.05) is 38.3 Å². The Morgan fingerprint density at radius 2 is 1.86 bits per heavy atom. The lowest BCUT2D eigenvalue weighted by Crippen LogP contribution is -2.53. The summed E-state index contributed by atoms with van der Waals surface area (Å²) in [5.74, 6) is -0.325. The first-order chi connectivity index (χ1) is 9.96. The molecule has 0 saturated carbocycles. The van der Waals surface area contributed by atoms with Gasteiger partial charge in [-0.3, -0.25) is 9.80 Å². The summed E-state index contributed by atoms with van der Waals surface area (Å²) in [7, 11) is 0. The molecule has 1 aromatic rings. The highest BCUT2D eigenvalue weighted by atomic mass is 19.1. The van der Waals surface area contributed by atoms with Crippen LogP contribution in [0.15, 0.2) is 18.2 Å². The van der Waals surface area contributed by atoms with Crippen molar-refractivity contribution in [1.29, 1.82) is 10.5 Å². The summed E-state index contributed by atoms with van der Waals surface area (Å²) in [6.45, 7) is 7.61. The second-order valence-electron chi connectivity index (χ2n) is 5.85. The number of nitriles is 2. The van der Waals surface area contributed by atoms with Gasteiger partial charge in [0.05, 0.1) is 17.7 Å². The molecule has 1 fully saturated rings. The predicted molar refractivity (Wildman–Crippen MR) is 77.7 cm³/mol. The highest BCUT2D eigenvalue weighted by molar-refractivity contribution is 5.32. The fourth-order valence-electron chi connectivity index (χ4n) is 2.52. The maximum Gasteiger partial charge on any atom is 0.129 e. The number of hydrogen-bond donors (Lipinski definition) is 0. The Hall–Kier alpha value is -1.95. The molecule has 1 saturated heterocycles. The van der Waals surface area contributed by atoms with Crippen molar-refractivity contribution < 1.29 is 4.39 Å². The van der Waals surface area contributed by atoms with E-state index in [-0.39, 0.29) is 5.82 Å². The molecule has 4 nitrogen and oxygen atoms in total. The molecule has 0 amide bonds. The predicted octanol–water partition coefficient (Wildman–Crippen LogP) is 2.12. The van der Waals surface area contributed by atoms with Crippen LogP contribution in [0.4, 0.5) is 4.39 Å². The van der Waals surface area contributed by atoms with Gasteiger partial charge in [-0.25, -0.2) is 4.39 Å². The van der Waals surface area contributed by atoms with Crippen molar-refractivity contribution in [3.63, 3.8) is 0 Å². The smallest absolute Gasteiger partial charge is 0.129 e. The topological polar surface area (TPSA) is 54.1 Å². The molecule has 5 heteroatoms. The second kappa shape index (κ2) is 6.22. The Morgan fingerprint density at radius 1 is 1.19 bits per heavy atom. The van der Waals surface area contributed by atoms with Crippen LogP contribution in [0.1, 0.15) is 25.0 Å². The van der Waals surface area contributed by atoms with Crippen molar-refractivity contribution in [2.24, 2.45) is 0 Å². The minimum atomic E-state index is -0.453. The van der Waals surface area contributed by atoms with E-state index in [2.05, 4.69) is 15.9 Å². The average molecular weight is 286 g/mol. The third-order valence-electron chi connectivity index (χ3n) is 4.01. The molecule has 1 heterocycles. The van der Waals surface area contributed by atoms with Crippen LogP contribution in [0.5, 0.6) is 0 Å². The zero-order valence-electron chi connectivity index (χ0n) is 12.4. The normalized spacial score (nSPS) is 17.2. The Morgan fingerprint density at radius 3 is 2.38 bits per heavy atom. The standard InChI is InChI=1S/C16H19FN4/c1-16(2,12-19)21-7-5-20(6-8-21)11-14-4-3-13(10-18)9-15(14)17/h3-4,9H,5-8,11H2,1-2H3. The van der Waals surface area contributed by atoms with Crippen LogP contribution in [-0.4, -0.2) is 41.5 Å². The van der Waals surface area contributed by atoms with Crippen LogP contribution in [0.25, 0.3) is 0 Å². The van der Waals surface area contributed by atoms with Crippen molar-refractivity contribution in [2.45, 2.75) is 25.9 Å². The lowest BCUT2D eigenvalue weighted by atomic mass is 10.0. The molecule has 110 valence electrons. The molecule has 0 aliphatic carbocycles. The van der Waals surface area contributed by atoms with Gasteiger partial charge in [-0.15, -0.1) is 0 Å². The van der Waals surface area contributed by atoms with Crippen molar-refractivity contribution in [2.75, 3.05) is 26.2 Å². The van der Waals surface area contributed by atoms with Gasteiger partial charge in [-0.05, 0) is 26.0 Å². The van der Waals surface area contributed by atoms with Gasteiger partial charge in [0.1, 0.15) is 11.4 Å². The zero-order chi connectivity index (χ0) is 15.5. The fourth-order valence-corrected chi connectivity index (χ4v) is 2.52. The third-order valence-corrected chi connectivity index (χ3v) is 4.01. The third kappa shape index (κ3) is 3.58. The largest absolute Gasteiger partial charge is 0.296 e. The molecule has 1 aliphatic heterocycles. The van der Waals surface area contributed by atoms with E-state index in [1.165, 1.54) is 6.07 Å². The van der Waals surface area contributed by atoms with Gasteiger partial charge >= 0.3 is 0 Å². The first kappa shape index (κ1) is 15.4. The van der Waals surface area contributed by atoms with E-state index in [4.69, 9.17) is 10.5 Å². The van der Waals surface area contributed by atoms with Gasteiger partial charge in [0.25, 0.3) is 0 Å². The van der Waals surface area contributed by atoms with Crippen molar-refractivity contribution >= 4 is 0 Å². The Kier molecular flexibility index (Phi) is 4.57. The molecule has 2 rings (SSSR count). The van der Waals surface area contributed by atoms with E-state index >= 15 is 0 Å². The van der Waals surface area contributed by atoms with Gasteiger partial charge in [0.15, 0.2) is 0 Å². The number of halogens is 1. The van der Waals surface area contributed by atoms with Crippen molar-refractivity contribution in [1.82, 2.24) is 9.80 Å². The second-order valence-corrected chi connectivity index (χ2v) is 5.85. The van der Waals surface area contributed by atoms with Crippen LogP contribution in [-0.2, 0) is 6.54 Å². The maximum atomic E-state index is 13.9. The van der Waals surface area contributed by atoms with E-state index in [0.717, 1.165) is 26.2 Å². The Bertz CT molecular complexity index is 589. The highest BCUT2D eigenvalue weighted by Crippen LogP contribution is 2.18. The highest BCUT2D eigenvalue weighted by Gasteiger charge is 2.29. The van der Waals surface area contributed by atoms with E-state index < -0.39 is 5.54 Å². The number of hydrogen-bond acceptors (Lipinski definition) is 4. The molecule has 0 N–H and O–H groups in total. The van der Waals surface area contributed by atoms with E-state index in [1.54, 1.807) is 12.1 Å². The van der Waals surface area contributed by atoms with Gasteiger partial charge < -0.3 is 0 Å². The molecule has 0 aromatic heterocycles. The Balaban J connectivity index is 1.96. The van der Waals surface area contributed by atoms with Crippen molar-refractivity contribution in [3.8, 4) is 12.1 Å². The Labute approximate surface area is 125 Å². The zero-order valence-corrected chi connectivity index (χ0v) is 12.4. The molecular weight excluding hydrogens is 267 g/mol. The number of piperazine rings is 1. The molecule has 0 unspecified atom stereocenters. The average Bonchev–Trinajstić information content (AvgIpc) is 2.50. The number of nitrogens with zero attached hydrogens (tertiary/aromatic N) is 4. The van der Waals surface area contributed by atoms with Gasteiger partial charge in [-0.2, -0.15) is 10.5 Å². The summed E-state index contributed by atoms with van der Waals surface area (Å²) in [5, 5.41) is 17.9. The van der Waals surface area contributed by atoms with Crippen LogP contribution < -0.4 is 0 Å². The van der Waals surface area contributed by atoms with Crippen LogP contribution in [0.2, 0.25) is 0 Å². The molecule has 0 spiro atoms. The minimum Gasteiger partial charge on any atom is -0.296 e. The summed E-state index contributed by atoms with van der Waals surface area (Å²) in [5.41, 5.74) is 0.505. The monoisotopic (exact) mass is 286 g/mol. The molecule has 1 aliphatic rings. The van der Waals surface area contributed by atoms with E-state index in [9.17, 15) is 4.39 Å². The SMILES string of the molecule is CC(C)(C#N)N1CCN(Cc2ccc(C#N)cc2F)CC1. The van der Waals surface area contributed by atoms with E-state index in [0.29, 0.717) is 17.7 Å². The van der Waals surface area contributed by atoms with E-state index in [1.807, 2.05) is 19.9 Å². The summed E-state index contributed by atoms with van der Waals surface area (Å²) >= 11 is 0. The van der Waals surface area contributed by atoms with Crippen LogP contribution in [0, 0.1) is 28.5 Å². The fraction of sp³-hybridized carbons (Fsp3) is 0.500. The number of benzene rings is 1. The first-order valence-electron chi connectivity index (χ1n) is 7.03. The summed E-state index contributed by atoms with van der Waals surface area (Å²) < 4.78 is 13.9. The summed E-state index contributed by atoms with van der Waals surface area (Å²) in [6.07, 6.45) is 0. The molecular formula is C16H19FN4. The van der Waals surface area contributed by atoms with Crippen LogP contribution >= 0.6 is 0 Å². The first-order valence-corrected chi connectivity index (χ1v) is 7.03. The molecule has 0 atom stereocenters. The van der Waals surface area contributed by atoms with Gasteiger partial charge in [0.2, 0.25) is 0 Å². The molecule has 0 bridgehead atoms. The summed E-state index contributed by atoms with van der Waals surface area (Å²) in [6, 6.07) is 8.86. The minimum absolute atomic E-state index is 0.325. The van der Waals surface area contributed by atoms with Gasteiger partial charge in [-0.1, -0.05) is 6.07 Å². The molecule has 0 radical (unpaired) electrons. The molecule has 1 aromatic carbocycles. The van der Waals surface area contributed by atoms with Crippen molar-refractivity contribution in [3.05, 3.63) is 35.1 Å². The quantitative estimate of drug-likeness (QED) is 0.854. The maximum absolute atomic E-state index is 13.9. The lowest BCUT2D eigenvalue weighted by molar-refractivity contribution is 0.0758.